The molecule has 0 fully saturated rings. The summed E-state index contributed by atoms with van der Waals surface area (Å²) in [4.78, 5) is 4.10. The second-order valence-electron chi connectivity index (χ2n) is 2.60. The van der Waals surface area contributed by atoms with Gasteiger partial charge in [0.05, 0.1) is 11.4 Å². The van der Waals surface area contributed by atoms with Crippen LogP contribution in [-0.4, -0.2) is 10.7 Å². The Morgan fingerprint density at radius 3 is 2.92 bits per heavy atom. The fraction of sp³-hybridized carbons (Fsp3) is 0.333. The molecule has 1 heterocycles. The van der Waals surface area contributed by atoms with E-state index < -0.39 is 0 Å². The summed E-state index contributed by atoms with van der Waals surface area (Å²) in [7, 11) is 0. The summed E-state index contributed by atoms with van der Waals surface area (Å²) in [5.74, 6) is 0. The number of nitrogens with zero attached hydrogens (tertiary/aromatic N) is 1. The zero-order valence-corrected chi connectivity index (χ0v) is 7.94. The molecule has 3 heteroatoms. The van der Waals surface area contributed by atoms with Gasteiger partial charge < -0.3 is 5.41 Å². The van der Waals surface area contributed by atoms with Gasteiger partial charge >= 0.3 is 0 Å². The van der Waals surface area contributed by atoms with Crippen molar-refractivity contribution in [3.05, 3.63) is 28.5 Å². The maximum atomic E-state index is 7.59. The zero-order valence-electron chi connectivity index (χ0n) is 7.19. The molecule has 0 aliphatic heterocycles. The molecule has 12 heavy (non-hydrogen) atoms. The average Bonchev–Trinajstić information content (AvgIpc) is 2.08. The van der Waals surface area contributed by atoms with Crippen molar-refractivity contribution < 1.29 is 0 Å². The molecular weight excluding hydrogens is 172 g/mol. The highest BCUT2D eigenvalue weighted by Gasteiger charge is 2.06. The number of hydrogen-bond donors (Lipinski definition) is 1. The third-order valence-corrected chi connectivity index (χ3v) is 2.19. The standard InChI is InChI=1S/C9H11ClN2/c1-3-8(11)9-6(2)7(10)4-5-12-9/h4-5,11H,3H2,1-2H3. The first-order valence-corrected chi connectivity index (χ1v) is 4.23. The molecule has 0 unspecified atom stereocenters. The molecule has 1 rings (SSSR count). The van der Waals surface area contributed by atoms with Crippen LogP contribution >= 0.6 is 11.6 Å². The minimum absolute atomic E-state index is 0.537. The molecule has 0 spiro atoms. The Bertz CT molecular complexity index is 307. The van der Waals surface area contributed by atoms with Gasteiger partial charge in [-0.15, -0.1) is 0 Å². The maximum absolute atomic E-state index is 7.59. The van der Waals surface area contributed by atoms with Crippen LogP contribution in [0.5, 0.6) is 0 Å². The Labute approximate surface area is 77.1 Å². The average molecular weight is 183 g/mol. The lowest BCUT2D eigenvalue weighted by Crippen LogP contribution is -2.03. The van der Waals surface area contributed by atoms with Gasteiger partial charge in [0.2, 0.25) is 0 Å². The van der Waals surface area contributed by atoms with E-state index in [1.807, 2.05) is 13.8 Å². The van der Waals surface area contributed by atoms with Crippen LogP contribution < -0.4 is 0 Å². The molecule has 0 amide bonds. The van der Waals surface area contributed by atoms with E-state index in [1.54, 1.807) is 12.3 Å². The third-order valence-electron chi connectivity index (χ3n) is 1.78. The predicted octanol–water partition coefficient (Wildman–Crippen LogP) is 2.82. The van der Waals surface area contributed by atoms with Crippen LogP contribution in [0.2, 0.25) is 5.02 Å². The zero-order chi connectivity index (χ0) is 9.14. The quantitative estimate of drug-likeness (QED) is 0.702. The predicted molar refractivity (Wildman–Crippen MR) is 51.1 cm³/mol. The lowest BCUT2D eigenvalue weighted by atomic mass is 10.1. The molecule has 0 aliphatic rings. The van der Waals surface area contributed by atoms with E-state index in [0.717, 1.165) is 5.56 Å². The second kappa shape index (κ2) is 3.68. The smallest absolute Gasteiger partial charge is 0.0881 e. The Balaban J connectivity index is 3.16. The van der Waals surface area contributed by atoms with E-state index in [1.165, 1.54) is 0 Å². The Kier molecular flexibility index (Phi) is 2.82. The van der Waals surface area contributed by atoms with Crippen LogP contribution in [0.25, 0.3) is 0 Å². The van der Waals surface area contributed by atoms with Crippen molar-refractivity contribution in [1.29, 1.82) is 5.41 Å². The van der Waals surface area contributed by atoms with Crippen molar-refractivity contribution in [3.8, 4) is 0 Å². The van der Waals surface area contributed by atoms with Gasteiger partial charge in [-0.3, -0.25) is 4.98 Å². The van der Waals surface area contributed by atoms with Crippen LogP contribution in [0.15, 0.2) is 12.3 Å². The van der Waals surface area contributed by atoms with Gasteiger partial charge in [-0.05, 0) is 25.0 Å². The second-order valence-corrected chi connectivity index (χ2v) is 3.01. The van der Waals surface area contributed by atoms with Crippen LogP contribution in [0.4, 0.5) is 0 Å². The van der Waals surface area contributed by atoms with E-state index in [4.69, 9.17) is 17.0 Å². The molecule has 2 nitrogen and oxygen atoms in total. The van der Waals surface area contributed by atoms with Gasteiger partial charge in [0.25, 0.3) is 0 Å². The Hall–Kier alpha value is -0.890. The molecule has 1 aromatic heterocycles. The normalized spacial score (nSPS) is 9.92. The molecule has 0 aromatic carbocycles. The van der Waals surface area contributed by atoms with Crippen LogP contribution in [0, 0.1) is 12.3 Å². The van der Waals surface area contributed by atoms with Crippen molar-refractivity contribution >= 4 is 17.3 Å². The molecule has 64 valence electrons. The molecule has 0 saturated heterocycles. The number of pyridine rings is 1. The van der Waals surface area contributed by atoms with Gasteiger partial charge in [-0.25, -0.2) is 0 Å². The van der Waals surface area contributed by atoms with Gasteiger partial charge in [0.15, 0.2) is 0 Å². The van der Waals surface area contributed by atoms with Crippen molar-refractivity contribution in [2.75, 3.05) is 0 Å². The molecule has 0 aliphatic carbocycles. The van der Waals surface area contributed by atoms with Crippen molar-refractivity contribution in [1.82, 2.24) is 4.98 Å². The third kappa shape index (κ3) is 1.64. The Morgan fingerprint density at radius 1 is 1.67 bits per heavy atom. The highest BCUT2D eigenvalue weighted by molar-refractivity contribution is 6.31. The summed E-state index contributed by atoms with van der Waals surface area (Å²) in [5.41, 5.74) is 2.14. The molecule has 1 aromatic rings. The number of aromatic nitrogens is 1. The summed E-state index contributed by atoms with van der Waals surface area (Å²) in [6.07, 6.45) is 2.32. The van der Waals surface area contributed by atoms with Crippen molar-refractivity contribution in [3.63, 3.8) is 0 Å². The summed E-state index contributed by atoms with van der Waals surface area (Å²) < 4.78 is 0. The van der Waals surface area contributed by atoms with E-state index in [0.29, 0.717) is 22.8 Å². The summed E-state index contributed by atoms with van der Waals surface area (Å²) in [5, 5.41) is 8.27. The van der Waals surface area contributed by atoms with Crippen LogP contribution in [0.1, 0.15) is 24.6 Å². The van der Waals surface area contributed by atoms with Crippen molar-refractivity contribution in [2.45, 2.75) is 20.3 Å². The summed E-state index contributed by atoms with van der Waals surface area (Å²) in [6, 6.07) is 1.74. The summed E-state index contributed by atoms with van der Waals surface area (Å²) >= 11 is 5.88. The first-order valence-electron chi connectivity index (χ1n) is 3.85. The van der Waals surface area contributed by atoms with Gasteiger partial charge in [-0.1, -0.05) is 18.5 Å². The molecule has 0 bridgehead atoms. The minimum atomic E-state index is 0.537. The molecular formula is C9H11ClN2. The van der Waals surface area contributed by atoms with Gasteiger partial charge in [-0.2, -0.15) is 0 Å². The molecule has 0 atom stereocenters. The maximum Gasteiger partial charge on any atom is 0.0881 e. The highest BCUT2D eigenvalue weighted by Crippen LogP contribution is 2.17. The number of rotatable bonds is 2. The fourth-order valence-electron chi connectivity index (χ4n) is 0.984. The van der Waals surface area contributed by atoms with Crippen LogP contribution in [0.3, 0.4) is 0 Å². The number of halogens is 1. The minimum Gasteiger partial charge on any atom is -0.303 e. The van der Waals surface area contributed by atoms with Crippen LogP contribution in [-0.2, 0) is 0 Å². The monoisotopic (exact) mass is 182 g/mol. The molecule has 0 saturated carbocycles. The van der Waals surface area contributed by atoms with Gasteiger partial charge in [0, 0.05) is 11.2 Å². The molecule has 1 N–H and O–H groups in total. The fourth-order valence-corrected chi connectivity index (χ4v) is 1.13. The Morgan fingerprint density at radius 2 is 2.33 bits per heavy atom. The van der Waals surface area contributed by atoms with Crippen molar-refractivity contribution in [2.24, 2.45) is 0 Å². The highest BCUT2D eigenvalue weighted by atomic mass is 35.5. The summed E-state index contributed by atoms with van der Waals surface area (Å²) in [6.45, 7) is 3.82. The number of nitrogens with one attached hydrogen (secondary N) is 1. The first-order chi connectivity index (χ1) is 5.66. The first kappa shape index (κ1) is 9.20. The molecule has 0 radical (unpaired) electrons. The lowest BCUT2D eigenvalue weighted by molar-refractivity contribution is 1.16. The lowest BCUT2D eigenvalue weighted by Gasteiger charge is -2.04. The van der Waals surface area contributed by atoms with E-state index >= 15 is 0 Å². The van der Waals surface area contributed by atoms with E-state index in [2.05, 4.69) is 4.98 Å². The van der Waals surface area contributed by atoms with E-state index in [9.17, 15) is 0 Å². The largest absolute Gasteiger partial charge is 0.303 e. The topological polar surface area (TPSA) is 36.7 Å². The SMILES string of the molecule is CCC(=N)c1nccc(Cl)c1C. The number of hydrogen-bond acceptors (Lipinski definition) is 2. The van der Waals surface area contributed by atoms with E-state index in [-0.39, 0.29) is 0 Å². The van der Waals surface area contributed by atoms with Gasteiger partial charge in [0.1, 0.15) is 0 Å².